The zero-order valence-electron chi connectivity index (χ0n) is 14.6. The molecule has 26 heavy (non-hydrogen) atoms. The summed E-state index contributed by atoms with van der Waals surface area (Å²) in [5, 5.41) is 3.11. The second-order valence-corrected chi connectivity index (χ2v) is 9.11. The average Bonchev–Trinajstić information content (AvgIpc) is 3.27. The summed E-state index contributed by atoms with van der Waals surface area (Å²) in [6.07, 6.45) is 4.13. The van der Waals surface area contributed by atoms with Crippen LogP contribution >= 0.6 is 22.9 Å². The number of carbonyl (C=O) groups excluding carboxylic acids is 1. The summed E-state index contributed by atoms with van der Waals surface area (Å²) in [5.41, 5.74) is 0.842. The highest BCUT2D eigenvalue weighted by atomic mass is 35.5. The predicted molar refractivity (Wildman–Crippen MR) is 103 cm³/mol. The van der Waals surface area contributed by atoms with Crippen molar-refractivity contribution in [2.24, 2.45) is 0 Å². The van der Waals surface area contributed by atoms with Crippen molar-refractivity contribution in [3.05, 3.63) is 57.0 Å². The van der Waals surface area contributed by atoms with Crippen LogP contribution in [0.1, 0.15) is 48.1 Å². The molecule has 0 bridgehead atoms. The molecule has 0 saturated heterocycles. The summed E-state index contributed by atoms with van der Waals surface area (Å²) in [6.45, 7) is 0. The second kappa shape index (κ2) is 7.29. The van der Waals surface area contributed by atoms with Gasteiger partial charge in [0.05, 0.1) is 4.34 Å². The SMILES string of the molecule is CN(C1CC(c2ccc(Cl)s2)C1)C(C(=O)NC1CC1)c1ccc(F)cc1. The Labute approximate surface area is 162 Å². The maximum absolute atomic E-state index is 13.3. The fourth-order valence-electron chi connectivity index (χ4n) is 3.64. The molecule has 1 aromatic heterocycles. The third kappa shape index (κ3) is 3.80. The monoisotopic (exact) mass is 392 g/mol. The van der Waals surface area contributed by atoms with Gasteiger partial charge in [-0.1, -0.05) is 23.7 Å². The Kier molecular flexibility index (Phi) is 5.04. The number of hydrogen-bond acceptors (Lipinski definition) is 3. The van der Waals surface area contributed by atoms with E-state index in [4.69, 9.17) is 11.6 Å². The molecule has 1 unspecified atom stereocenters. The molecule has 4 rings (SSSR count). The van der Waals surface area contributed by atoms with E-state index in [-0.39, 0.29) is 17.8 Å². The minimum Gasteiger partial charge on any atom is -0.352 e. The molecule has 0 radical (unpaired) electrons. The first kappa shape index (κ1) is 18.0. The standard InChI is InChI=1S/C20H22ClFN2OS/c1-24(16-10-13(11-16)17-8-9-18(21)26-17)19(20(25)23-15-6-7-15)12-2-4-14(22)5-3-12/h2-5,8-9,13,15-16,19H,6-7,10-11H2,1H3,(H,23,25). The maximum atomic E-state index is 13.3. The first-order valence-corrected chi connectivity index (χ1v) is 10.2. The van der Waals surface area contributed by atoms with Gasteiger partial charge in [0.25, 0.3) is 0 Å². The number of benzene rings is 1. The Morgan fingerprint density at radius 2 is 1.92 bits per heavy atom. The lowest BCUT2D eigenvalue weighted by Gasteiger charge is -2.44. The molecule has 2 fully saturated rings. The highest BCUT2D eigenvalue weighted by Gasteiger charge is 2.40. The largest absolute Gasteiger partial charge is 0.352 e. The Hall–Kier alpha value is -1.43. The summed E-state index contributed by atoms with van der Waals surface area (Å²) in [4.78, 5) is 16.3. The Morgan fingerprint density at radius 1 is 1.23 bits per heavy atom. The third-order valence-corrected chi connectivity index (χ3v) is 6.84. The zero-order chi connectivity index (χ0) is 18.3. The van der Waals surface area contributed by atoms with E-state index >= 15 is 0 Å². The van der Waals surface area contributed by atoms with Crippen molar-refractivity contribution in [1.82, 2.24) is 10.2 Å². The maximum Gasteiger partial charge on any atom is 0.242 e. The number of rotatable bonds is 6. The van der Waals surface area contributed by atoms with Gasteiger partial charge < -0.3 is 5.32 Å². The van der Waals surface area contributed by atoms with Gasteiger partial charge in [-0.2, -0.15) is 0 Å². The quantitative estimate of drug-likeness (QED) is 0.770. The summed E-state index contributed by atoms with van der Waals surface area (Å²) in [6, 6.07) is 10.6. The van der Waals surface area contributed by atoms with Crippen LogP contribution in [0.15, 0.2) is 36.4 Å². The number of likely N-dealkylation sites (N-methyl/N-ethyl adjacent to an activating group) is 1. The molecule has 1 atom stereocenters. The molecule has 138 valence electrons. The van der Waals surface area contributed by atoms with E-state index in [2.05, 4.69) is 16.3 Å². The van der Waals surface area contributed by atoms with E-state index < -0.39 is 0 Å². The molecule has 2 aliphatic rings. The summed E-state index contributed by atoms with van der Waals surface area (Å²) in [5.74, 6) is 0.251. The molecule has 0 spiro atoms. The molecule has 3 nitrogen and oxygen atoms in total. The molecular formula is C20H22ClFN2OS. The van der Waals surface area contributed by atoms with E-state index in [0.717, 1.165) is 35.6 Å². The molecule has 1 heterocycles. The normalized spacial score (nSPS) is 23.5. The topological polar surface area (TPSA) is 32.3 Å². The molecular weight excluding hydrogens is 371 g/mol. The van der Waals surface area contributed by atoms with Crippen molar-refractivity contribution in [3.63, 3.8) is 0 Å². The number of hydrogen-bond donors (Lipinski definition) is 1. The fourth-order valence-corrected chi connectivity index (χ4v) is 4.82. The lowest BCUT2D eigenvalue weighted by Crippen LogP contribution is -2.48. The molecule has 2 aromatic rings. The average molecular weight is 393 g/mol. The predicted octanol–water partition coefficient (Wildman–Crippen LogP) is 4.74. The van der Waals surface area contributed by atoms with Crippen LogP contribution in [0.5, 0.6) is 0 Å². The van der Waals surface area contributed by atoms with Crippen LogP contribution in [0, 0.1) is 5.82 Å². The van der Waals surface area contributed by atoms with Crippen LogP contribution < -0.4 is 5.32 Å². The summed E-state index contributed by atoms with van der Waals surface area (Å²) < 4.78 is 14.1. The molecule has 2 saturated carbocycles. The van der Waals surface area contributed by atoms with Crippen molar-refractivity contribution in [1.29, 1.82) is 0 Å². The number of carbonyl (C=O) groups is 1. The molecule has 0 aliphatic heterocycles. The van der Waals surface area contributed by atoms with Gasteiger partial charge in [-0.05, 0) is 68.5 Å². The molecule has 6 heteroatoms. The van der Waals surface area contributed by atoms with E-state index in [1.54, 1.807) is 23.5 Å². The molecule has 1 amide bonds. The van der Waals surface area contributed by atoms with Crippen molar-refractivity contribution in [2.45, 2.75) is 49.7 Å². The van der Waals surface area contributed by atoms with Gasteiger partial charge in [-0.15, -0.1) is 11.3 Å². The van der Waals surface area contributed by atoms with Crippen molar-refractivity contribution in [2.75, 3.05) is 7.05 Å². The van der Waals surface area contributed by atoms with Gasteiger partial charge in [0.1, 0.15) is 11.9 Å². The zero-order valence-corrected chi connectivity index (χ0v) is 16.2. The molecule has 1 aromatic carbocycles. The van der Waals surface area contributed by atoms with Crippen molar-refractivity contribution >= 4 is 28.8 Å². The van der Waals surface area contributed by atoms with Crippen LogP contribution in [0.3, 0.4) is 0 Å². The first-order chi connectivity index (χ1) is 12.5. The van der Waals surface area contributed by atoms with Crippen LogP contribution in [0.2, 0.25) is 4.34 Å². The van der Waals surface area contributed by atoms with Gasteiger partial charge in [-0.3, -0.25) is 9.69 Å². The van der Waals surface area contributed by atoms with E-state index in [0.29, 0.717) is 18.0 Å². The Bertz CT molecular complexity index is 783. The van der Waals surface area contributed by atoms with Crippen LogP contribution in [0.25, 0.3) is 0 Å². The van der Waals surface area contributed by atoms with Crippen molar-refractivity contribution < 1.29 is 9.18 Å². The van der Waals surface area contributed by atoms with Crippen LogP contribution in [-0.2, 0) is 4.79 Å². The lowest BCUT2D eigenvalue weighted by molar-refractivity contribution is -0.128. The Balaban J connectivity index is 1.48. The van der Waals surface area contributed by atoms with Crippen LogP contribution in [-0.4, -0.2) is 29.9 Å². The third-order valence-electron chi connectivity index (χ3n) is 5.45. The minimum atomic E-state index is -0.380. The minimum absolute atomic E-state index is 0.0178. The smallest absolute Gasteiger partial charge is 0.242 e. The second-order valence-electron chi connectivity index (χ2n) is 7.37. The molecule has 2 aliphatic carbocycles. The van der Waals surface area contributed by atoms with Gasteiger partial charge in [0.2, 0.25) is 5.91 Å². The first-order valence-electron chi connectivity index (χ1n) is 9.04. The fraction of sp³-hybridized carbons (Fsp3) is 0.450. The van der Waals surface area contributed by atoms with Gasteiger partial charge in [-0.25, -0.2) is 4.39 Å². The summed E-state index contributed by atoms with van der Waals surface area (Å²) in [7, 11) is 2.00. The molecule has 1 N–H and O–H groups in total. The lowest BCUT2D eigenvalue weighted by atomic mass is 9.77. The number of halogens is 2. The number of nitrogens with one attached hydrogen (secondary N) is 1. The highest BCUT2D eigenvalue weighted by molar-refractivity contribution is 7.16. The van der Waals surface area contributed by atoms with Gasteiger partial charge in [0, 0.05) is 17.0 Å². The van der Waals surface area contributed by atoms with E-state index in [9.17, 15) is 9.18 Å². The Morgan fingerprint density at radius 3 is 2.50 bits per heavy atom. The number of amides is 1. The number of nitrogens with zero attached hydrogens (tertiary/aromatic N) is 1. The number of thiophene rings is 1. The summed E-state index contributed by atoms with van der Waals surface area (Å²) >= 11 is 7.69. The van der Waals surface area contributed by atoms with Gasteiger partial charge in [0.15, 0.2) is 0 Å². The van der Waals surface area contributed by atoms with E-state index in [1.807, 2.05) is 13.1 Å². The van der Waals surface area contributed by atoms with Gasteiger partial charge >= 0.3 is 0 Å². The van der Waals surface area contributed by atoms with Crippen molar-refractivity contribution in [3.8, 4) is 0 Å². The highest BCUT2D eigenvalue weighted by Crippen LogP contribution is 2.44. The van der Waals surface area contributed by atoms with E-state index in [1.165, 1.54) is 17.0 Å². The van der Waals surface area contributed by atoms with Crippen LogP contribution in [0.4, 0.5) is 4.39 Å².